The first kappa shape index (κ1) is 23.4. The molecule has 1 unspecified atom stereocenters. The number of aliphatic hydroxyl groups is 1. The van der Waals surface area contributed by atoms with E-state index >= 15 is 0 Å². The summed E-state index contributed by atoms with van der Waals surface area (Å²) in [7, 11) is 3.00. The van der Waals surface area contributed by atoms with Gasteiger partial charge in [0.15, 0.2) is 11.5 Å². The van der Waals surface area contributed by atoms with Gasteiger partial charge in [-0.1, -0.05) is 13.8 Å². The first-order valence-electron chi connectivity index (χ1n) is 10.7. The van der Waals surface area contributed by atoms with Crippen LogP contribution in [-0.4, -0.2) is 67.0 Å². The van der Waals surface area contributed by atoms with Gasteiger partial charge in [-0.2, -0.15) is 0 Å². The number of nitrogens with zero attached hydrogens (tertiary/aromatic N) is 2. The Morgan fingerprint density at radius 2 is 1.78 bits per heavy atom. The number of likely N-dealkylation sites (tertiary alicyclic amines) is 1. The van der Waals surface area contributed by atoms with Crippen molar-refractivity contribution in [1.82, 2.24) is 9.80 Å². The highest BCUT2D eigenvalue weighted by Gasteiger charge is 2.47. The van der Waals surface area contributed by atoms with Crippen LogP contribution in [0.15, 0.2) is 40.3 Å². The van der Waals surface area contributed by atoms with Crippen molar-refractivity contribution < 1.29 is 28.6 Å². The predicted octanol–water partition coefficient (Wildman–Crippen LogP) is 3.37. The number of hydrogen-bond donors (Lipinski definition) is 1. The van der Waals surface area contributed by atoms with Crippen molar-refractivity contribution in [3.8, 4) is 11.5 Å². The third-order valence-corrected chi connectivity index (χ3v) is 5.78. The lowest BCUT2D eigenvalue weighted by molar-refractivity contribution is -0.140. The van der Waals surface area contributed by atoms with Gasteiger partial charge in [-0.15, -0.1) is 0 Å². The summed E-state index contributed by atoms with van der Waals surface area (Å²) in [5.74, 6) is 0.297. The molecule has 3 rings (SSSR count). The number of ketones is 1. The van der Waals surface area contributed by atoms with E-state index in [-0.39, 0.29) is 11.3 Å². The molecule has 32 heavy (non-hydrogen) atoms. The van der Waals surface area contributed by atoms with Gasteiger partial charge in [-0.25, -0.2) is 0 Å². The normalized spacial score (nSPS) is 17.9. The number of rotatable bonds is 9. The first-order chi connectivity index (χ1) is 15.4. The molecule has 2 aromatic rings. The van der Waals surface area contributed by atoms with E-state index in [1.807, 2.05) is 13.8 Å². The van der Waals surface area contributed by atoms with Crippen LogP contribution in [0.2, 0.25) is 0 Å². The van der Waals surface area contributed by atoms with Crippen LogP contribution in [0.5, 0.6) is 11.5 Å². The monoisotopic (exact) mass is 442 g/mol. The third-order valence-electron chi connectivity index (χ3n) is 5.78. The summed E-state index contributed by atoms with van der Waals surface area (Å²) in [6.07, 6.45) is 0. The average Bonchev–Trinajstić information content (AvgIpc) is 3.34. The van der Waals surface area contributed by atoms with Gasteiger partial charge in [0.25, 0.3) is 11.7 Å². The van der Waals surface area contributed by atoms with Crippen LogP contribution in [0.1, 0.15) is 37.0 Å². The molecule has 8 nitrogen and oxygen atoms in total. The number of aliphatic hydroxyl groups excluding tert-OH is 1. The van der Waals surface area contributed by atoms with Crippen LogP contribution in [0.25, 0.3) is 5.76 Å². The summed E-state index contributed by atoms with van der Waals surface area (Å²) < 4.78 is 16.4. The van der Waals surface area contributed by atoms with Gasteiger partial charge in [0.1, 0.15) is 23.3 Å². The van der Waals surface area contributed by atoms with Gasteiger partial charge in [-0.3, -0.25) is 9.59 Å². The number of benzene rings is 1. The Kier molecular flexibility index (Phi) is 7.25. The number of likely N-dealkylation sites (N-methyl/N-ethyl adjacent to an activating group) is 1. The summed E-state index contributed by atoms with van der Waals surface area (Å²) >= 11 is 0. The quantitative estimate of drug-likeness (QED) is 0.362. The van der Waals surface area contributed by atoms with Crippen LogP contribution >= 0.6 is 0 Å². The van der Waals surface area contributed by atoms with Gasteiger partial charge in [0.2, 0.25) is 0 Å². The molecule has 1 N–H and O–H groups in total. The second-order valence-electron chi connectivity index (χ2n) is 7.54. The zero-order chi connectivity index (χ0) is 23.4. The Morgan fingerprint density at radius 3 is 2.34 bits per heavy atom. The summed E-state index contributed by atoms with van der Waals surface area (Å²) in [4.78, 5) is 29.7. The minimum atomic E-state index is -0.813. The van der Waals surface area contributed by atoms with E-state index in [1.54, 1.807) is 37.3 Å². The second kappa shape index (κ2) is 9.91. The lowest BCUT2D eigenvalue weighted by Gasteiger charge is -2.26. The van der Waals surface area contributed by atoms with Crippen LogP contribution in [-0.2, 0) is 9.59 Å². The maximum absolute atomic E-state index is 13.1. The molecular formula is C24H30N2O6. The number of ether oxygens (including phenoxy) is 2. The Bertz CT molecular complexity index is 1020. The van der Waals surface area contributed by atoms with E-state index in [0.717, 1.165) is 13.1 Å². The van der Waals surface area contributed by atoms with Crippen molar-refractivity contribution >= 4 is 17.4 Å². The number of aryl methyl sites for hydroxylation is 1. The molecule has 1 aromatic carbocycles. The number of carbonyl (C=O) groups excluding carboxylic acids is 2. The van der Waals surface area contributed by atoms with Gasteiger partial charge in [0, 0.05) is 18.7 Å². The van der Waals surface area contributed by atoms with Gasteiger partial charge in [0.05, 0.1) is 19.8 Å². The number of Topliss-reactive ketones (excluding diaryl/α,β-unsaturated/α-hetero) is 1. The van der Waals surface area contributed by atoms with E-state index in [2.05, 4.69) is 4.90 Å². The highest BCUT2D eigenvalue weighted by molar-refractivity contribution is 6.46. The molecule has 1 saturated heterocycles. The topological polar surface area (TPSA) is 92.5 Å². The van der Waals surface area contributed by atoms with Gasteiger partial charge < -0.3 is 28.8 Å². The largest absolute Gasteiger partial charge is 0.507 e. The van der Waals surface area contributed by atoms with Crippen molar-refractivity contribution in [2.45, 2.75) is 26.8 Å². The van der Waals surface area contributed by atoms with E-state index in [9.17, 15) is 14.7 Å². The molecule has 0 saturated carbocycles. The smallest absolute Gasteiger partial charge is 0.295 e. The molecule has 1 amide bonds. The molecule has 1 aliphatic heterocycles. The van der Waals surface area contributed by atoms with Crippen molar-refractivity contribution in [2.75, 3.05) is 40.4 Å². The van der Waals surface area contributed by atoms with Crippen LogP contribution in [0.3, 0.4) is 0 Å². The highest BCUT2D eigenvalue weighted by atomic mass is 16.5. The minimum Gasteiger partial charge on any atom is -0.507 e. The van der Waals surface area contributed by atoms with E-state index in [1.165, 1.54) is 19.1 Å². The first-order valence-corrected chi connectivity index (χ1v) is 10.7. The molecule has 1 aliphatic rings. The fraction of sp³-hybridized carbons (Fsp3) is 0.417. The summed E-state index contributed by atoms with van der Waals surface area (Å²) in [6.45, 7) is 8.48. The number of methoxy groups -OCH3 is 2. The molecule has 0 radical (unpaired) electrons. The van der Waals surface area contributed by atoms with Gasteiger partial charge in [-0.05, 0) is 50.3 Å². The maximum atomic E-state index is 13.1. The average molecular weight is 443 g/mol. The third kappa shape index (κ3) is 4.36. The van der Waals surface area contributed by atoms with Crippen molar-refractivity contribution in [3.05, 3.63) is 53.0 Å². The standard InChI is InChI=1S/C24H30N2O6/c1-6-25(7-2)12-13-26-21(18-10-8-15(3)32-18)20(23(28)24(26)29)22(27)16-9-11-17(30-4)19(14-16)31-5/h8-11,14,21,27H,6-7,12-13H2,1-5H3/b22-20-. The van der Waals surface area contributed by atoms with Crippen molar-refractivity contribution in [2.24, 2.45) is 0 Å². The Hall–Kier alpha value is -3.26. The van der Waals surface area contributed by atoms with Gasteiger partial charge >= 0.3 is 0 Å². The molecule has 0 bridgehead atoms. The molecule has 1 atom stereocenters. The number of carbonyl (C=O) groups is 2. The SMILES string of the molecule is CCN(CC)CCN1C(=O)C(=O)/C(=C(\O)c2ccc(OC)c(OC)c2)C1c1ccc(C)o1. The van der Waals surface area contributed by atoms with E-state index in [0.29, 0.717) is 41.7 Å². The van der Waals surface area contributed by atoms with Crippen LogP contribution < -0.4 is 9.47 Å². The minimum absolute atomic E-state index is 0.00360. The number of furan rings is 1. The molecule has 1 fully saturated rings. The summed E-state index contributed by atoms with van der Waals surface area (Å²) in [5, 5.41) is 11.1. The summed E-state index contributed by atoms with van der Waals surface area (Å²) in [5.41, 5.74) is 0.341. The lowest BCUT2D eigenvalue weighted by Crippen LogP contribution is -2.37. The second-order valence-corrected chi connectivity index (χ2v) is 7.54. The summed E-state index contributed by atoms with van der Waals surface area (Å²) in [6, 6.07) is 7.52. The molecule has 172 valence electrons. The molecule has 0 spiro atoms. The molecule has 2 heterocycles. The number of amides is 1. The van der Waals surface area contributed by atoms with Crippen LogP contribution in [0, 0.1) is 6.92 Å². The van der Waals surface area contributed by atoms with Crippen molar-refractivity contribution in [3.63, 3.8) is 0 Å². The predicted molar refractivity (Wildman–Crippen MR) is 120 cm³/mol. The molecule has 8 heteroatoms. The van der Waals surface area contributed by atoms with E-state index in [4.69, 9.17) is 13.9 Å². The Labute approximate surface area is 188 Å². The maximum Gasteiger partial charge on any atom is 0.295 e. The lowest BCUT2D eigenvalue weighted by atomic mass is 9.99. The van der Waals surface area contributed by atoms with Crippen LogP contribution in [0.4, 0.5) is 0 Å². The van der Waals surface area contributed by atoms with E-state index < -0.39 is 17.7 Å². The molecular weight excluding hydrogens is 412 g/mol. The Balaban J connectivity index is 2.09. The fourth-order valence-electron chi connectivity index (χ4n) is 3.93. The Morgan fingerprint density at radius 1 is 1.09 bits per heavy atom. The zero-order valence-corrected chi connectivity index (χ0v) is 19.2. The molecule has 0 aliphatic carbocycles. The zero-order valence-electron chi connectivity index (χ0n) is 19.2. The molecule has 1 aromatic heterocycles. The van der Waals surface area contributed by atoms with Crippen molar-refractivity contribution in [1.29, 1.82) is 0 Å². The fourth-order valence-corrected chi connectivity index (χ4v) is 3.93. The number of hydrogen-bond acceptors (Lipinski definition) is 7. The highest BCUT2D eigenvalue weighted by Crippen LogP contribution is 2.41.